The maximum atomic E-state index is 10.4. The minimum atomic E-state index is -0.804. The van der Waals surface area contributed by atoms with Gasteiger partial charge in [0.1, 0.15) is 11.2 Å². The third-order valence-corrected chi connectivity index (χ3v) is 4.52. The predicted molar refractivity (Wildman–Crippen MR) is 56.1 cm³/mol. The summed E-state index contributed by atoms with van der Waals surface area (Å²) in [7, 11) is 1.72. The molecule has 2 aliphatic rings. The van der Waals surface area contributed by atoms with Crippen LogP contribution in [0.25, 0.3) is 0 Å². The number of methoxy groups -OCH3 is 1. The topological polar surface area (TPSA) is 29.5 Å². The predicted octanol–water partition coefficient (Wildman–Crippen LogP) is 2.27. The normalized spacial score (nSPS) is 51.9. The average molecular weight is 196 g/mol. The summed E-state index contributed by atoms with van der Waals surface area (Å²) in [5.41, 5.74) is 0.411. The van der Waals surface area contributed by atoms with E-state index in [1.807, 2.05) is 13.0 Å². The second-order valence-electron chi connectivity index (χ2n) is 5.41. The van der Waals surface area contributed by atoms with Crippen LogP contribution in [0.3, 0.4) is 0 Å². The molecule has 0 unspecified atom stereocenters. The molecule has 2 heteroatoms. The van der Waals surface area contributed by atoms with Crippen molar-refractivity contribution in [2.45, 2.75) is 51.2 Å². The minimum absolute atomic E-state index is 0.248. The van der Waals surface area contributed by atoms with Gasteiger partial charge in [0.2, 0.25) is 0 Å². The quantitative estimate of drug-likeness (QED) is 0.652. The van der Waals surface area contributed by atoms with Crippen LogP contribution >= 0.6 is 0 Å². The fourth-order valence-corrected chi connectivity index (χ4v) is 3.16. The molecule has 0 amide bonds. The second-order valence-corrected chi connectivity index (χ2v) is 5.41. The summed E-state index contributed by atoms with van der Waals surface area (Å²) in [6.07, 6.45) is 5.03. The van der Waals surface area contributed by atoms with E-state index in [1.165, 1.54) is 5.57 Å². The zero-order chi connectivity index (χ0) is 10.6. The molecule has 3 atom stereocenters. The maximum absolute atomic E-state index is 10.4. The summed E-state index contributed by atoms with van der Waals surface area (Å²) in [6.45, 7) is 6.26. The van der Waals surface area contributed by atoms with E-state index in [9.17, 15) is 5.11 Å². The standard InChI is InChI=1S/C12H20O2/c1-9-7-11(3,13)12(14-4)6-5-10(9,2)8-12/h7,13H,5-6,8H2,1-4H3/t10-,11-,12-/m0/s1. The van der Waals surface area contributed by atoms with Crippen molar-refractivity contribution in [1.82, 2.24) is 0 Å². The molecule has 2 bridgehead atoms. The highest BCUT2D eigenvalue weighted by Crippen LogP contribution is 2.58. The number of hydrogen-bond acceptors (Lipinski definition) is 2. The van der Waals surface area contributed by atoms with E-state index in [-0.39, 0.29) is 11.0 Å². The molecule has 0 spiro atoms. The number of allylic oxidation sites excluding steroid dienone is 1. The first-order valence-electron chi connectivity index (χ1n) is 5.33. The number of rotatable bonds is 1. The van der Waals surface area contributed by atoms with Gasteiger partial charge in [0.25, 0.3) is 0 Å². The van der Waals surface area contributed by atoms with Crippen molar-refractivity contribution < 1.29 is 9.84 Å². The van der Waals surface area contributed by atoms with Gasteiger partial charge in [-0.2, -0.15) is 0 Å². The van der Waals surface area contributed by atoms with Crippen molar-refractivity contribution >= 4 is 0 Å². The molecule has 0 aromatic rings. The first kappa shape index (κ1) is 10.2. The summed E-state index contributed by atoms with van der Waals surface area (Å²) in [4.78, 5) is 0. The second kappa shape index (κ2) is 2.61. The lowest BCUT2D eigenvalue weighted by Crippen LogP contribution is -2.53. The third-order valence-electron chi connectivity index (χ3n) is 4.52. The van der Waals surface area contributed by atoms with Gasteiger partial charge in [-0.15, -0.1) is 0 Å². The molecule has 0 radical (unpaired) electrons. The summed E-state index contributed by atoms with van der Waals surface area (Å²) < 4.78 is 5.60. The van der Waals surface area contributed by atoms with Gasteiger partial charge in [-0.3, -0.25) is 0 Å². The Labute approximate surface area is 86.0 Å². The largest absolute Gasteiger partial charge is 0.383 e. The molecule has 2 aliphatic carbocycles. The summed E-state index contributed by atoms with van der Waals surface area (Å²) >= 11 is 0. The van der Waals surface area contributed by atoms with Crippen LogP contribution in [0.5, 0.6) is 0 Å². The molecule has 2 nitrogen and oxygen atoms in total. The Kier molecular flexibility index (Phi) is 1.90. The van der Waals surface area contributed by atoms with Crippen molar-refractivity contribution in [3.8, 4) is 0 Å². The van der Waals surface area contributed by atoms with Crippen molar-refractivity contribution in [2.75, 3.05) is 7.11 Å². The van der Waals surface area contributed by atoms with Crippen LogP contribution in [0.1, 0.15) is 40.0 Å². The number of fused-ring (bicyclic) bond motifs is 2. The van der Waals surface area contributed by atoms with Crippen LogP contribution in [0.4, 0.5) is 0 Å². The zero-order valence-corrected chi connectivity index (χ0v) is 9.55. The Bertz CT molecular complexity index is 293. The molecule has 0 aromatic heterocycles. The van der Waals surface area contributed by atoms with Crippen molar-refractivity contribution in [1.29, 1.82) is 0 Å². The molecule has 1 fully saturated rings. The summed E-state index contributed by atoms with van der Waals surface area (Å²) in [5.74, 6) is 0. The fraction of sp³-hybridized carbons (Fsp3) is 0.833. The van der Waals surface area contributed by atoms with Gasteiger partial charge in [-0.05, 0) is 38.5 Å². The lowest BCUT2D eigenvalue weighted by atomic mass is 9.69. The molecule has 80 valence electrons. The first-order valence-corrected chi connectivity index (χ1v) is 5.33. The van der Waals surface area contributed by atoms with E-state index < -0.39 is 5.60 Å². The van der Waals surface area contributed by atoms with E-state index in [0.717, 1.165) is 19.3 Å². The lowest BCUT2D eigenvalue weighted by molar-refractivity contribution is -0.141. The molecule has 0 saturated heterocycles. The highest BCUT2D eigenvalue weighted by Gasteiger charge is 2.58. The molecular formula is C12H20O2. The van der Waals surface area contributed by atoms with E-state index in [4.69, 9.17) is 4.74 Å². The van der Waals surface area contributed by atoms with Crippen LogP contribution in [-0.4, -0.2) is 23.4 Å². The highest BCUT2D eigenvalue weighted by molar-refractivity contribution is 5.31. The maximum Gasteiger partial charge on any atom is 0.109 e. The molecule has 1 saturated carbocycles. The van der Waals surface area contributed by atoms with Crippen LogP contribution in [0.15, 0.2) is 11.6 Å². The Hall–Kier alpha value is -0.340. The monoisotopic (exact) mass is 196 g/mol. The number of aliphatic hydroxyl groups is 1. The molecule has 14 heavy (non-hydrogen) atoms. The molecule has 0 heterocycles. The number of ether oxygens (including phenoxy) is 1. The first-order chi connectivity index (χ1) is 6.35. The van der Waals surface area contributed by atoms with Gasteiger partial charge >= 0.3 is 0 Å². The van der Waals surface area contributed by atoms with E-state index in [2.05, 4.69) is 13.8 Å². The zero-order valence-electron chi connectivity index (χ0n) is 9.55. The summed E-state index contributed by atoms with van der Waals surface area (Å²) in [6, 6.07) is 0. The lowest BCUT2D eigenvalue weighted by Gasteiger charge is -2.45. The smallest absolute Gasteiger partial charge is 0.109 e. The van der Waals surface area contributed by atoms with Gasteiger partial charge in [-0.25, -0.2) is 0 Å². The van der Waals surface area contributed by atoms with Gasteiger partial charge < -0.3 is 9.84 Å². The molecule has 1 N–H and O–H groups in total. The van der Waals surface area contributed by atoms with Gasteiger partial charge in [0.15, 0.2) is 0 Å². The van der Waals surface area contributed by atoms with Crippen molar-refractivity contribution in [3.63, 3.8) is 0 Å². The minimum Gasteiger partial charge on any atom is -0.383 e. The third kappa shape index (κ3) is 1.04. The van der Waals surface area contributed by atoms with Crippen molar-refractivity contribution in [2.24, 2.45) is 5.41 Å². The van der Waals surface area contributed by atoms with Gasteiger partial charge in [-0.1, -0.05) is 18.6 Å². The van der Waals surface area contributed by atoms with Crippen LogP contribution in [0.2, 0.25) is 0 Å². The molecular weight excluding hydrogens is 176 g/mol. The Morgan fingerprint density at radius 3 is 2.57 bits per heavy atom. The Morgan fingerprint density at radius 2 is 2.00 bits per heavy atom. The number of hydrogen-bond donors (Lipinski definition) is 1. The molecule has 0 aromatic carbocycles. The summed E-state index contributed by atoms with van der Waals surface area (Å²) in [5, 5.41) is 10.4. The molecule has 2 rings (SSSR count). The van der Waals surface area contributed by atoms with E-state index in [0.29, 0.717) is 0 Å². The highest BCUT2D eigenvalue weighted by atomic mass is 16.5. The molecule has 0 aliphatic heterocycles. The van der Waals surface area contributed by atoms with Gasteiger partial charge in [0, 0.05) is 7.11 Å². The van der Waals surface area contributed by atoms with E-state index >= 15 is 0 Å². The van der Waals surface area contributed by atoms with Crippen LogP contribution < -0.4 is 0 Å². The Balaban J connectivity index is 2.50. The fourth-order valence-electron chi connectivity index (χ4n) is 3.16. The SMILES string of the molecule is CO[C@@]12CC[C@@](C)(C1)C(C)=C[C@]2(C)O. The van der Waals surface area contributed by atoms with Crippen LogP contribution in [-0.2, 0) is 4.74 Å². The van der Waals surface area contributed by atoms with Crippen LogP contribution in [0, 0.1) is 5.41 Å². The average Bonchev–Trinajstić information content (AvgIpc) is 2.42. The Morgan fingerprint density at radius 1 is 1.36 bits per heavy atom. The van der Waals surface area contributed by atoms with Crippen molar-refractivity contribution in [3.05, 3.63) is 11.6 Å². The van der Waals surface area contributed by atoms with Gasteiger partial charge in [0.05, 0.1) is 0 Å². The van der Waals surface area contributed by atoms with E-state index in [1.54, 1.807) is 7.11 Å².